The molecule has 1 amide bonds. The number of anilines is 1. The van der Waals surface area contributed by atoms with E-state index in [0.29, 0.717) is 17.7 Å². The van der Waals surface area contributed by atoms with E-state index < -0.39 is 0 Å². The van der Waals surface area contributed by atoms with Gasteiger partial charge in [-0.25, -0.2) is 4.42 Å². The number of carbonyl (C=O) groups is 1. The number of hydrogen-bond donors (Lipinski definition) is 1. The smallest absolute Gasteiger partial charge is 0.241 e. The van der Waals surface area contributed by atoms with E-state index in [1.54, 1.807) is 31.2 Å². The van der Waals surface area contributed by atoms with Crippen LogP contribution in [0, 0.1) is 0 Å². The highest BCUT2D eigenvalue weighted by Crippen LogP contribution is 2.22. The minimum absolute atomic E-state index is 0.129. The molecule has 76 valence electrons. The molecule has 0 aliphatic heterocycles. The summed E-state index contributed by atoms with van der Waals surface area (Å²) in [7, 11) is 0. The lowest BCUT2D eigenvalue weighted by molar-refractivity contribution is -0.117. The molecule has 1 aromatic rings. The topological polar surface area (TPSA) is 40.5 Å². The molecule has 0 atom stereocenters. The summed E-state index contributed by atoms with van der Waals surface area (Å²) >= 11 is 5.81. The molecule has 0 radical (unpaired) electrons. The molecule has 14 heavy (non-hydrogen) atoms. The van der Waals surface area contributed by atoms with Crippen LogP contribution < -0.4 is 4.42 Å². The van der Waals surface area contributed by atoms with Crippen molar-refractivity contribution in [1.82, 2.24) is 0 Å². The van der Waals surface area contributed by atoms with E-state index in [4.69, 9.17) is 16.9 Å². The second-order valence-corrected chi connectivity index (χ2v) is 3.15. The average Bonchev–Trinajstić information content (AvgIpc) is 2.26. The first-order valence-electron chi connectivity index (χ1n) is 4.38. The highest BCUT2D eigenvalue weighted by molar-refractivity contribution is 6.36. The van der Waals surface area contributed by atoms with Crippen molar-refractivity contribution < 1.29 is 9.90 Å². The number of aliphatic hydroxyl groups excluding tert-OH is 1. The van der Waals surface area contributed by atoms with Gasteiger partial charge < -0.3 is 5.11 Å². The number of benzene rings is 1. The van der Waals surface area contributed by atoms with E-state index in [-0.39, 0.29) is 12.5 Å². The molecule has 1 rings (SSSR count). The van der Waals surface area contributed by atoms with Gasteiger partial charge in [-0.05, 0) is 6.07 Å². The predicted octanol–water partition coefficient (Wildman–Crippen LogP) is 2.08. The van der Waals surface area contributed by atoms with Crippen LogP contribution in [0.1, 0.15) is 18.9 Å². The largest absolute Gasteiger partial charge is 0.392 e. The molecule has 0 aliphatic rings. The van der Waals surface area contributed by atoms with Gasteiger partial charge in [0.1, 0.15) is 0 Å². The van der Waals surface area contributed by atoms with Gasteiger partial charge in [-0.3, -0.25) is 4.79 Å². The standard InChI is InChI=1S/C10H12ClNO2/c1-2-10(14)12(11)9-6-4-3-5-8(9)7-13/h3-6,13H,2,7H2,1H3. The van der Waals surface area contributed by atoms with Gasteiger partial charge in [-0.1, -0.05) is 25.1 Å². The molecule has 0 aromatic heterocycles. The summed E-state index contributed by atoms with van der Waals surface area (Å²) in [6, 6.07) is 6.99. The fourth-order valence-electron chi connectivity index (χ4n) is 1.11. The first kappa shape index (κ1) is 11.0. The number of para-hydroxylation sites is 1. The molecule has 0 saturated heterocycles. The number of nitrogens with zero attached hydrogens (tertiary/aromatic N) is 1. The monoisotopic (exact) mass is 213 g/mol. The van der Waals surface area contributed by atoms with Crippen LogP contribution in [0.15, 0.2) is 24.3 Å². The Hall–Kier alpha value is -1.06. The Morgan fingerprint density at radius 1 is 1.50 bits per heavy atom. The Bertz CT molecular complexity index is 328. The summed E-state index contributed by atoms with van der Waals surface area (Å²) in [6.07, 6.45) is 0.337. The van der Waals surface area contributed by atoms with E-state index in [1.807, 2.05) is 0 Å². The van der Waals surface area contributed by atoms with Gasteiger partial charge in [0.15, 0.2) is 0 Å². The molecule has 1 aromatic carbocycles. The first-order chi connectivity index (χ1) is 6.70. The molecule has 0 saturated carbocycles. The van der Waals surface area contributed by atoms with Gasteiger partial charge in [-0.15, -0.1) is 0 Å². The summed E-state index contributed by atoms with van der Waals surface area (Å²) in [6.45, 7) is 1.61. The minimum atomic E-state index is -0.187. The van der Waals surface area contributed by atoms with Gasteiger partial charge in [0, 0.05) is 23.8 Å². The molecular weight excluding hydrogens is 202 g/mol. The number of rotatable bonds is 3. The molecule has 0 aliphatic carbocycles. The number of hydrogen-bond acceptors (Lipinski definition) is 2. The number of amides is 1. The molecule has 0 fully saturated rings. The highest BCUT2D eigenvalue weighted by Gasteiger charge is 2.13. The van der Waals surface area contributed by atoms with Gasteiger partial charge in [0.25, 0.3) is 0 Å². The normalized spacial score (nSPS) is 9.93. The van der Waals surface area contributed by atoms with E-state index >= 15 is 0 Å². The van der Waals surface area contributed by atoms with Crippen molar-refractivity contribution >= 4 is 23.4 Å². The van der Waals surface area contributed by atoms with Gasteiger partial charge >= 0.3 is 0 Å². The van der Waals surface area contributed by atoms with E-state index in [9.17, 15) is 4.79 Å². The number of halogens is 1. The third kappa shape index (κ3) is 2.25. The summed E-state index contributed by atoms with van der Waals surface area (Å²) in [5.74, 6) is -0.187. The maximum absolute atomic E-state index is 11.3. The van der Waals surface area contributed by atoms with Crippen molar-refractivity contribution in [3.05, 3.63) is 29.8 Å². The maximum Gasteiger partial charge on any atom is 0.241 e. The third-order valence-electron chi connectivity index (χ3n) is 1.89. The van der Waals surface area contributed by atoms with Crippen LogP contribution in [-0.4, -0.2) is 11.0 Å². The summed E-state index contributed by atoms with van der Waals surface area (Å²) < 4.78 is 1.05. The number of carbonyl (C=O) groups excluding carboxylic acids is 1. The van der Waals surface area contributed by atoms with Crippen molar-refractivity contribution in [2.24, 2.45) is 0 Å². The van der Waals surface area contributed by atoms with Gasteiger partial charge in [0.2, 0.25) is 5.91 Å². The second kappa shape index (κ2) is 4.98. The molecule has 4 heteroatoms. The lowest BCUT2D eigenvalue weighted by Gasteiger charge is -2.15. The lowest BCUT2D eigenvalue weighted by Crippen LogP contribution is -2.20. The Morgan fingerprint density at radius 2 is 2.14 bits per heavy atom. The fraction of sp³-hybridized carbons (Fsp3) is 0.300. The van der Waals surface area contributed by atoms with E-state index in [1.165, 1.54) is 0 Å². The zero-order valence-electron chi connectivity index (χ0n) is 7.90. The molecular formula is C10H12ClNO2. The van der Waals surface area contributed by atoms with E-state index in [0.717, 1.165) is 4.42 Å². The first-order valence-corrected chi connectivity index (χ1v) is 4.72. The molecule has 3 nitrogen and oxygen atoms in total. The SMILES string of the molecule is CCC(=O)N(Cl)c1ccccc1CO. The zero-order chi connectivity index (χ0) is 10.6. The zero-order valence-corrected chi connectivity index (χ0v) is 8.66. The van der Waals surface area contributed by atoms with Crippen molar-refractivity contribution in [1.29, 1.82) is 0 Å². The van der Waals surface area contributed by atoms with Crippen molar-refractivity contribution in [3.8, 4) is 0 Å². The highest BCUT2D eigenvalue weighted by atomic mass is 35.5. The van der Waals surface area contributed by atoms with Crippen LogP contribution in [0.3, 0.4) is 0 Å². The van der Waals surface area contributed by atoms with Crippen LogP contribution in [0.25, 0.3) is 0 Å². The van der Waals surface area contributed by atoms with Crippen LogP contribution in [0.2, 0.25) is 0 Å². The van der Waals surface area contributed by atoms with E-state index in [2.05, 4.69) is 0 Å². The maximum atomic E-state index is 11.3. The van der Waals surface area contributed by atoms with Crippen molar-refractivity contribution in [2.75, 3.05) is 4.42 Å². The van der Waals surface area contributed by atoms with Crippen molar-refractivity contribution in [3.63, 3.8) is 0 Å². The third-order valence-corrected chi connectivity index (χ3v) is 2.27. The quantitative estimate of drug-likeness (QED) is 0.781. The molecule has 0 heterocycles. The summed E-state index contributed by atoms with van der Waals surface area (Å²) in [5.41, 5.74) is 1.19. The lowest BCUT2D eigenvalue weighted by atomic mass is 10.2. The second-order valence-electron chi connectivity index (χ2n) is 2.81. The van der Waals surface area contributed by atoms with Crippen LogP contribution in [0.5, 0.6) is 0 Å². The Kier molecular flexibility index (Phi) is 3.92. The predicted molar refractivity (Wildman–Crippen MR) is 56.0 cm³/mol. The van der Waals surface area contributed by atoms with Gasteiger partial charge in [0.05, 0.1) is 12.3 Å². The number of aliphatic hydroxyl groups is 1. The summed E-state index contributed by atoms with van der Waals surface area (Å²) in [4.78, 5) is 11.3. The summed E-state index contributed by atoms with van der Waals surface area (Å²) in [5, 5.41) is 9.03. The van der Waals surface area contributed by atoms with Crippen LogP contribution >= 0.6 is 11.8 Å². The molecule has 1 N–H and O–H groups in total. The van der Waals surface area contributed by atoms with Gasteiger partial charge in [-0.2, -0.15) is 0 Å². The molecule has 0 unspecified atom stereocenters. The Balaban J connectivity index is 2.99. The molecule has 0 bridgehead atoms. The van der Waals surface area contributed by atoms with Crippen LogP contribution in [0.4, 0.5) is 5.69 Å². The fourth-order valence-corrected chi connectivity index (χ4v) is 1.39. The van der Waals surface area contributed by atoms with Crippen molar-refractivity contribution in [2.45, 2.75) is 20.0 Å². The van der Waals surface area contributed by atoms with Crippen LogP contribution in [-0.2, 0) is 11.4 Å². The Labute approximate surface area is 88.0 Å². The Morgan fingerprint density at radius 3 is 2.71 bits per heavy atom. The average molecular weight is 214 g/mol. The molecule has 0 spiro atoms. The minimum Gasteiger partial charge on any atom is -0.392 e.